The molecule has 2 aliphatic rings. The normalized spacial score (nSPS) is 17.2. The summed E-state index contributed by atoms with van der Waals surface area (Å²) in [5.41, 5.74) is 5.81. The quantitative estimate of drug-likeness (QED) is 0.459. The highest BCUT2D eigenvalue weighted by atomic mass is 16.2. The number of benzene rings is 2. The van der Waals surface area contributed by atoms with E-state index in [1.807, 2.05) is 55.2 Å². The van der Waals surface area contributed by atoms with Gasteiger partial charge in [-0.2, -0.15) is 4.98 Å². The van der Waals surface area contributed by atoms with Gasteiger partial charge in [0.15, 0.2) is 5.82 Å². The molecule has 1 aliphatic heterocycles. The third kappa shape index (κ3) is 3.57. The Bertz CT molecular complexity index is 1350. The van der Waals surface area contributed by atoms with Gasteiger partial charge in [0.1, 0.15) is 0 Å². The maximum absolute atomic E-state index is 12.0. The van der Waals surface area contributed by atoms with E-state index >= 15 is 0 Å². The molecular weight excluding hydrogens is 414 g/mol. The first-order valence-electron chi connectivity index (χ1n) is 11.4. The van der Waals surface area contributed by atoms with E-state index in [1.54, 1.807) is 0 Å². The molecule has 4 aromatic rings. The largest absolute Gasteiger partial charge is 0.345 e. The van der Waals surface area contributed by atoms with Crippen LogP contribution in [-0.4, -0.2) is 30.2 Å². The Morgan fingerprint density at radius 1 is 1.15 bits per heavy atom. The van der Waals surface area contributed by atoms with Gasteiger partial charge in [0.25, 0.3) is 5.91 Å². The second kappa shape index (κ2) is 7.58. The topological polar surface area (TPSA) is 89.7 Å². The van der Waals surface area contributed by atoms with Gasteiger partial charge >= 0.3 is 0 Å². The van der Waals surface area contributed by atoms with E-state index in [2.05, 4.69) is 38.5 Å². The molecule has 1 saturated carbocycles. The smallest absolute Gasteiger partial charge is 0.252 e. The number of hydrogen-bond donors (Lipinski definition) is 2. The molecule has 1 aliphatic carbocycles. The average molecular weight is 440 g/mol. The summed E-state index contributed by atoms with van der Waals surface area (Å²) < 4.78 is 3.91. The monoisotopic (exact) mass is 439 g/mol. The summed E-state index contributed by atoms with van der Waals surface area (Å²) in [4.78, 5) is 21.3. The fourth-order valence-electron chi connectivity index (χ4n) is 4.32. The van der Waals surface area contributed by atoms with Crippen molar-refractivity contribution in [2.45, 2.75) is 45.2 Å². The van der Waals surface area contributed by atoms with Crippen molar-refractivity contribution >= 4 is 17.5 Å². The third-order valence-corrected chi connectivity index (χ3v) is 6.36. The van der Waals surface area contributed by atoms with Gasteiger partial charge < -0.3 is 15.2 Å². The zero-order valence-electron chi connectivity index (χ0n) is 18.6. The molecule has 33 heavy (non-hydrogen) atoms. The molecule has 1 fully saturated rings. The predicted octanol–water partition coefficient (Wildman–Crippen LogP) is 4.58. The molecule has 1 unspecified atom stereocenters. The van der Waals surface area contributed by atoms with Gasteiger partial charge in [-0.3, -0.25) is 4.79 Å². The van der Waals surface area contributed by atoms with Crippen molar-refractivity contribution < 1.29 is 4.79 Å². The highest BCUT2D eigenvalue weighted by Crippen LogP contribution is 2.39. The molecule has 0 radical (unpaired) electrons. The lowest BCUT2D eigenvalue weighted by atomic mass is 10.1. The summed E-state index contributed by atoms with van der Waals surface area (Å²) in [5.74, 6) is 1.96. The summed E-state index contributed by atoms with van der Waals surface area (Å²) in [5, 5.41) is 11.0. The van der Waals surface area contributed by atoms with Crippen LogP contribution in [0.5, 0.6) is 0 Å². The van der Waals surface area contributed by atoms with Crippen LogP contribution in [0.3, 0.4) is 0 Å². The van der Waals surface area contributed by atoms with Crippen LogP contribution in [-0.2, 0) is 6.54 Å². The number of aryl methyl sites for hydroxylation is 1. The summed E-state index contributed by atoms with van der Waals surface area (Å²) in [6.07, 6.45) is 6.50. The minimum Gasteiger partial charge on any atom is -0.345 e. The van der Waals surface area contributed by atoms with Crippen molar-refractivity contribution in [1.29, 1.82) is 0 Å². The summed E-state index contributed by atoms with van der Waals surface area (Å²) >= 11 is 0. The van der Waals surface area contributed by atoms with E-state index in [4.69, 9.17) is 10.1 Å². The van der Waals surface area contributed by atoms with Crippen molar-refractivity contribution in [2.24, 2.45) is 0 Å². The van der Waals surface area contributed by atoms with E-state index in [0.717, 1.165) is 28.1 Å². The Balaban J connectivity index is 1.25. The van der Waals surface area contributed by atoms with Crippen molar-refractivity contribution in [2.75, 3.05) is 5.32 Å². The standard InChI is InChI=1S/C25H25N7O/c1-3-32-25(28-18-8-11-20-21(12-18)15(2)27-24(20)33)29-23(30-32)17-6-9-19(10-7-17)31-13-22(26-14-31)16-4-5-16/h6-16H,3-5H2,1-2H3,(H,27,33)(H,28,29,30). The number of carbonyl (C=O) groups is 1. The number of aromatic nitrogens is 5. The van der Waals surface area contributed by atoms with Crippen LogP contribution in [0.2, 0.25) is 0 Å². The van der Waals surface area contributed by atoms with Gasteiger partial charge in [0.05, 0.1) is 18.1 Å². The molecule has 8 heteroatoms. The lowest BCUT2D eigenvalue weighted by Gasteiger charge is -2.09. The number of anilines is 2. The highest BCUT2D eigenvalue weighted by molar-refractivity contribution is 5.99. The van der Waals surface area contributed by atoms with Crippen molar-refractivity contribution in [3.63, 3.8) is 0 Å². The van der Waals surface area contributed by atoms with Gasteiger partial charge in [0.2, 0.25) is 5.95 Å². The maximum atomic E-state index is 12.0. The van der Waals surface area contributed by atoms with Gasteiger partial charge in [-0.15, -0.1) is 5.10 Å². The van der Waals surface area contributed by atoms with Gasteiger partial charge in [-0.05, 0) is 74.7 Å². The lowest BCUT2D eigenvalue weighted by molar-refractivity contribution is 0.0958. The summed E-state index contributed by atoms with van der Waals surface area (Å²) in [6, 6.07) is 14.0. The van der Waals surface area contributed by atoms with E-state index in [9.17, 15) is 4.79 Å². The van der Waals surface area contributed by atoms with Crippen LogP contribution < -0.4 is 10.6 Å². The van der Waals surface area contributed by atoms with Crippen molar-refractivity contribution in [3.05, 3.63) is 71.8 Å². The molecule has 3 heterocycles. The van der Waals surface area contributed by atoms with Crippen LogP contribution in [0.15, 0.2) is 55.0 Å². The molecule has 0 spiro atoms. The van der Waals surface area contributed by atoms with E-state index in [0.29, 0.717) is 24.2 Å². The minimum atomic E-state index is -0.0223. The summed E-state index contributed by atoms with van der Waals surface area (Å²) in [6.45, 7) is 4.71. The van der Waals surface area contributed by atoms with Crippen LogP contribution in [0.1, 0.15) is 60.3 Å². The summed E-state index contributed by atoms with van der Waals surface area (Å²) in [7, 11) is 0. The van der Waals surface area contributed by atoms with Gasteiger partial charge in [-0.25, -0.2) is 9.67 Å². The molecule has 6 rings (SSSR count). The van der Waals surface area contributed by atoms with Crippen LogP contribution in [0.4, 0.5) is 11.6 Å². The Morgan fingerprint density at radius 3 is 2.73 bits per heavy atom. The van der Waals surface area contributed by atoms with Crippen LogP contribution in [0, 0.1) is 0 Å². The number of imidazole rings is 1. The molecule has 1 atom stereocenters. The molecule has 0 saturated heterocycles. The molecular formula is C25H25N7O. The number of carbonyl (C=O) groups excluding carboxylic acids is 1. The molecule has 2 aromatic heterocycles. The minimum absolute atomic E-state index is 0.00298. The van der Waals surface area contributed by atoms with Gasteiger partial charge in [0, 0.05) is 41.2 Å². The maximum Gasteiger partial charge on any atom is 0.252 e. The Morgan fingerprint density at radius 2 is 1.97 bits per heavy atom. The number of nitrogens with zero attached hydrogens (tertiary/aromatic N) is 5. The Kier molecular flexibility index (Phi) is 4.53. The van der Waals surface area contributed by atoms with Crippen LogP contribution in [0.25, 0.3) is 17.1 Å². The zero-order chi connectivity index (χ0) is 22.5. The zero-order valence-corrected chi connectivity index (χ0v) is 18.6. The first-order chi connectivity index (χ1) is 16.1. The number of amides is 1. The first-order valence-corrected chi connectivity index (χ1v) is 11.4. The van der Waals surface area contributed by atoms with E-state index in [1.165, 1.54) is 18.5 Å². The van der Waals surface area contributed by atoms with Crippen molar-refractivity contribution in [1.82, 2.24) is 29.6 Å². The number of rotatable bonds is 6. The SMILES string of the molecule is CCn1nc(-c2ccc(-n3cnc(C4CC4)c3)cc2)nc1Nc1ccc2c(c1)C(C)NC2=O. The molecule has 2 aromatic carbocycles. The molecule has 1 amide bonds. The van der Waals surface area contributed by atoms with E-state index < -0.39 is 0 Å². The van der Waals surface area contributed by atoms with Gasteiger partial charge in [-0.1, -0.05) is 0 Å². The Hall–Kier alpha value is -3.94. The first kappa shape index (κ1) is 19.7. The van der Waals surface area contributed by atoms with E-state index in [-0.39, 0.29) is 11.9 Å². The molecule has 8 nitrogen and oxygen atoms in total. The van der Waals surface area contributed by atoms with Crippen molar-refractivity contribution in [3.8, 4) is 17.1 Å². The molecule has 166 valence electrons. The number of fused-ring (bicyclic) bond motifs is 1. The Labute approximate surface area is 191 Å². The third-order valence-electron chi connectivity index (χ3n) is 6.36. The number of hydrogen-bond acceptors (Lipinski definition) is 5. The lowest BCUT2D eigenvalue weighted by Crippen LogP contribution is -2.16. The molecule has 2 N–H and O–H groups in total. The highest BCUT2D eigenvalue weighted by Gasteiger charge is 2.26. The fraction of sp³-hybridized carbons (Fsp3) is 0.280. The fourth-order valence-corrected chi connectivity index (χ4v) is 4.32. The molecule has 0 bridgehead atoms. The van der Waals surface area contributed by atoms with Crippen LogP contribution >= 0.6 is 0 Å². The average Bonchev–Trinajstić information content (AvgIpc) is 3.30. The second-order valence-electron chi connectivity index (χ2n) is 8.72. The second-order valence-corrected chi connectivity index (χ2v) is 8.72. The number of nitrogens with one attached hydrogen (secondary N) is 2. The predicted molar refractivity (Wildman–Crippen MR) is 126 cm³/mol.